The molecule has 18 rings (SSSR count). The quantitative estimate of drug-likeness (QED) is 0.145. The fraction of sp³-hybridized carbons (Fsp3) is 0. The van der Waals surface area contributed by atoms with Gasteiger partial charge < -0.3 is 18.3 Å². The summed E-state index contributed by atoms with van der Waals surface area (Å²) in [6.45, 7) is 0. The maximum absolute atomic E-state index is 11.3. The van der Waals surface area contributed by atoms with Gasteiger partial charge in [0.25, 0.3) is 0 Å². The molecule has 0 bridgehead atoms. The minimum absolute atomic E-state index is 0.575. The van der Waals surface area contributed by atoms with Crippen LogP contribution in [0.2, 0.25) is 0 Å². The Bertz CT molecular complexity index is 5790. The smallest absolute Gasteiger partial charge is 0.0998 e. The molecule has 5 aromatic heterocycles. The Morgan fingerprint density at radius 3 is 0.889 bits per heavy atom. The Balaban J connectivity index is 0.789. The molecule has 90 heavy (non-hydrogen) atoms. The fourth-order valence-electron chi connectivity index (χ4n) is 14.3. The standard InChI is InChI=1S/C84H52N6/c85-53-59-47-71(54-35-39-60(40-36-54)87-81-33-17-11-27-68(81)73-50-62(43-45-83(73)87)89-77-29-13-7-23-64(77)65-24-8-14-30-78(65)89)72(52-70(59)58-48-75(56-19-3-1-4-20-56)86-76(49-58)57-21-5-2-6-22-57)55-37-41-61(42-38-55)88-82-34-18-12-28-69(82)74-51-63(44-46-84(74)88)90-79-31-15-9-25-66(79)67-26-10-16-32-80(67)90/h1-52H. The molecule has 6 nitrogen and oxygen atoms in total. The zero-order chi connectivity index (χ0) is 59.4. The number of hydrogen-bond acceptors (Lipinski definition) is 2. The van der Waals surface area contributed by atoms with Crippen LogP contribution in [0, 0.1) is 11.3 Å². The third-order valence-electron chi connectivity index (χ3n) is 18.4. The number of pyridine rings is 1. The topological polar surface area (TPSA) is 56.4 Å². The maximum atomic E-state index is 11.3. The summed E-state index contributed by atoms with van der Waals surface area (Å²) in [6.07, 6.45) is 0. The van der Waals surface area contributed by atoms with Crippen LogP contribution in [0.5, 0.6) is 0 Å². The predicted molar refractivity (Wildman–Crippen MR) is 373 cm³/mol. The van der Waals surface area contributed by atoms with Gasteiger partial charge in [-0.25, -0.2) is 4.98 Å². The number of benzene rings is 13. The molecule has 13 aromatic carbocycles. The van der Waals surface area contributed by atoms with E-state index in [1.807, 2.05) is 36.4 Å². The van der Waals surface area contributed by atoms with Crippen molar-refractivity contribution >= 4 is 87.2 Å². The van der Waals surface area contributed by atoms with Crippen molar-refractivity contribution in [1.29, 1.82) is 5.26 Å². The Kier molecular flexibility index (Phi) is 11.6. The lowest BCUT2D eigenvalue weighted by Crippen LogP contribution is -1.97. The van der Waals surface area contributed by atoms with Gasteiger partial charge >= 0.3 is 0 Å². The van der Waals surface area contributed by atoms with Crippen molar-refractivity contribution in [2.75, 3.05) is 0 Å². The Morgan fingerprint density at radius 2 is 0.522 bits per heavy atom. The molecule has 6 heteroatoms. The van der Waals surface area contributed by atoms with Gasteiger partial charge in [-0.05, 0) is 149 Å². The molecule has 0 spiro atoms. The highest BCUT2D eigenvalue weighted by Gasteiger charge is 2.22. The third-order valence-corrected chi connectivity index (χ3v) is 18.4. The van der Waals surface area contributed by atoms with Crippen LogP contribution >= 0.6 is 0 Å². The predicted octanol–water partition coefficient (Wildman–Crippen LogP) is 21.7. The molecule has 0 saturated heterocycles. The van der Waals surface area contributed by atoms with Crippen molar-refractivity contribution in [1.82, 2.24) is 23.3 Å². The van der Waals surface area contributed by atoms with Crippen LogP contribution in [0.3, 0.4) is 0 Å². The molecule has 0 unspecified atom stereocenters. The second kappa shape index (κ2) is 20.4. The van der Waals surface area contributed by atoms with E-state index in [-0.39, 0.29) is 0 Å². The van der Waals surface area contributed by atoms with Gasteiger partial charge in [-0.1, -0.05) is 194 Å². The van der Waals surface area contributed by atoms with Crippen molar-refractivity contribution in [2.24, 2.45) is 0 Å². The largest absolute Gasteiger partial charge is 0.309 e. The SMILES string of the molecule is N#Cc1cc(-c2ccc(-n3c4ccccc4c4cc(-n5c6ccccc6c6ccccc65)ccc43)cc2)c(-c2ccc(-n3c4ccccc4c4cc(-n5c6ccccc6c6ccccc65)ccc43)cc2)cc1-c1cc(-c2ccccc2)nc(-c2ccccc2)c1. The van der Waals surface area contributed by atoms with Gasteiger partial charge in [0.15, 0.2) is 0 Å². The molecule has 0 N–H and O–H groups in total. The molecular weight excluding hydrogens is 1090 g/mol. The summed E-state index contributed by atoms with van der Waals surface area (Å²) >= 11 is 0. The Labute approximate surface area is 518 Å². The number of hydrogen-bond donors (Lipinski definition) is 0. The zero-order valence-corrected chi connectivity index (χ0v) is 48.7. The van der Waals surface area contributed by atoms with E-state index in [2.05, 4.69) is 303 Å². The Morgan fingerprint density at radius 1 is 0.222 bits per heavy atom. The molecule has 0 aliphatic rings. The van der Waals surface area contributed by atoms with Gasteiger partial charge in [-0.3, -0.25) is 0 Å². The van der Waals surface area contributed by atoms with Crippen LogP contribution in [-0.2, 0) is 0 Å². The number of rotatable bonds is 9. The summed E-state index contributed by atoms with van der Waals surface area (Å²) in [7, 11) is 0. The van der Waals surface area contributed by atoms with Gasteiger partial charge in [-0.15, -0.1) is 0 Å². The highest BCUT2D eigenvalue weighted by atomic mass is 15.0. The highest BCUT2D eigenvalue weighted by molar-refractivity contribution is 6.14. The molecule has 5 heterocycles. The first-order valence-corrected chi connectivity index (χ1v) is 30.6. The molecule has 0 amide bonds. The molecule has 0 atom stereocenters. The lowest BCUT2D eigenvalue weighted by molar-refractivity contribution is 1.16. The Hall–Kier alpha value is -12.3. The highest BCUT2D eigenvalue weighted by Crippen LogP contribution is 2.44. The lowest BCUT2D eigenvalue weighted by Gasteiger charge is -2.18. The van der Waals surface area contributed by atoms with Gasteiger partial charge in [-0.2, -0.15) is 5.26 Å². The van der Waals surface area contributed by atoms with E-state index in [1.165, 1.54) is 65.2 Å². The van der Waals surface area contributed by atoms with Crippen LogP contribution in [0.25, 0.3) is 166 Å². The molecule has 0 fully saturated rings. The first kappa shape index (κ1) is 51.0. The van der Waals surface area contributed by atoms with Crippen molar-refractivity contribution in [2.45, 2.75) is 0 Å². The van der Waals surface area contributed by atoms with E-state index >= 15 is 0 Å². The van der Waals surface area contributed by atoms with Crippen molar-refractivity contribution in [3.05, 3.63) is 321 Å². The summed E-state index contributed by atoms with van der Waals surface area (Å²) in [5.74, 6) is 0. The molecule has 0 saturated carbocycles. The van der Waals surface area contributed by atoms with E-state index in [9.17, 15) is 5.26 Å². The first-order chi connectivity index (χ1) is 44.6. The molecule has 418 valence electrons. The number of para-hydroxylation sites is 6. The van der Waals surface area contributed by atoms with Crippen LogP contribution in [0.1, 0.15) is 5.56 Å². The monoisotopic (exact) mass is 1140 g/mol. The van der Waals surface area contributed by atoms with Crippen molar-refractivity contribution in [3.63, 3.8) is 0 Å². The minimum atomic E-state index is 0.575. The summed E-state index contributed by atoms with van der Waals surface area (Å²) in [5, 5.41) is 21.0. The van der Waals surface area contributed by atoms with E-state index < -0.39 is 0 Å². The van der Waals surface area contributed by atoms with Gasteiger partial charge in [0.2, 0.25) is 0 Å². The summed E-state index contributed by atoms with van der Waals surface area (Å²) in [5.41, 5.74) is 23.6. The summed E-state index contributed by atoms with van der Waals surface area (Å²) in [6, 6.07) is 116. The van der Waals surface area contributed by atoms with E-state index in [1.54, 1.807) is 0 Å². The summed E-state index contributed by atoms with van der Waals surface area (Å²) < 4.78 is 9.56. The molecule has 0 aliphatic heterocycles. The number of aromatic nitrogens is 5. The molecule has 0 aliphatic carbocycles. The molecule has 0 radical (unpaired) electrons. The zero-order valence-electron chi connectivity index (χ0n) is 48.7. The number of nitrogens with zero attached hydrogens (tertiary/aromatic N) is 6. The second-order valence-electron chi connectivity index (χ2n) is 23.4. The van der Waals surface area contributed by atoms with Crippen LogP contribution in [-0.4, -0.2) is 23.3 Å². The molecular formula is C84H52N6. The van der Waals surface area contributed by atoms with Crippen molar-refractivity contribution in [3.8, 4) is 84.7 Å². The number of nitriles is 1. The van der Waals surface area contributed by atoms with Crippen molar-refractivity contribution < 1.29 is 0 Å². The average Bonchev–Trinajstić information content (AvgIpc) is 1.68. The maximum Gasteiger partial charge on any atom is 0.0998 e. The second-order valence-corrected chi connectivity index (χ2v) is 23.4. The van der Waals surface area contributed by atoms with Crippen LogP contribution in [0.4, 0.5) is 0 Å². The lowest BCUT2D eigenvalue weighted by atomic mass is 9.87. The van der Waals surface area contributed by atoms with Gasteiger partial charge in [0.1, 0.15) is 0 Å². The van der Waals surface area contributed by atoms with E-state index in [0.29, 0.717) is 5.56 Å². The number of fused-ring (bicyclic) bond motifs is 12. The van der Waals surface area contributed by atoms with Crippen LogP contribution in [0.15, 0.2) is 315 Å². The first-order valence-electron chi connectivity index (χ1n) is 30.6. The summed E-state index contributed by atoms with van der Waals surface area (Å²) in [4.78, 5) is 5.23. The van der Waals surface area contributed by atoms with Gasteiger partial charge in [0.05, 0.1) is 67.2 Å². The van der Waals surface area contributed by atoms with E-state index in [4.69, 9.17) is 4.98 Å². The normalized spacial score (nSPS) is 11.8. The minimum Gasteiger partial charge on any atom is -0.309 e. The van der Waals surface area contributed by atoms with Crippen LogP contribution < -0.4 is 0 Å². The molecule has 18 aromatic rings. The van der Waals surface area contributed by atoms with Gasteiger partial charge in [0, 0.05) is 82.5 Å². The fourth-order valence-corrected chi connectivity index (χ4v) is 14.3. The third kappa shape index (κ3) is 8.01. The van der Waals surface area contributed by atoms with E-state index in [0.717, 1.165) is 101 Å². The average molecular weight is 1150 g/mol.